The van der Waals surface area contributed by atoms with E-state index in [1.165, 1.54) is 5.56 Å². The van der Waals surface area contributed by atoms with Gasteiger partial charge in [-0.05, 0) is 31.7 Å². The van der Waals surface area contributed by atoms with Crippen molar-refractivity contribution in [2.75, 3.05) is 6.54 Å². The molecule has 0 aliphatic carbocycles. The van der Waals surface area contributed by atoms with E-state index in [2.05, 4.69) is 36.1 Å². The summed E-state index contributed by atoms with van der Waals surface area (Å²) >= 11 is 0. The van der Waals surface area contributed by atoms with Gasteiger partial charge >= 0.3 is 0 Å². The Morgan fingerprint density at radius 3 is 2.75 bits per heavy atom. The third-order valence-corrected chi connectivity index (χ3v) is 3.53. The SMILES string of the molecule is CC1CCC(C=O)N1CCc1ccccc1. The van der Waals surface area contributed by atoms with Crippen molar-refractivity contribution in [1.82, 2.24) is 4.90 Å². The summed E-state index contributed by atoms with van der Waals surface area (Å²) in [6, 6.07) is 11.2. The van der Waals surface area contributed by atoms with Gasteiger partial charge in [0.15, 0.2) is 0 Å². The first-order chi connectivity index (χ1) is 7.81. The van der Waals surface area contributed by atoms with Gasteiger partial charge < -0.3 is 4.79 Å². The van der Waals surface area contributed by atoms with E-state index in [-0.39, 0.29) is 6.04 Å². The summed E-state index contributed by atoms with van der Waals surface area (Å²) in [6.45, 7) is 3.21. The predicted molar refractivity (Wildman–Crippen MR) is 65.4 cm³/mol. The summed E-state index contributed by atoms with van der Waals surface area (Å²) in [7, 11) is 0. The van der Waals surface area contributed by atoms with Gasteiger partial charge in [0, 0.05) is 12.6 Å². The smallest absolute Gasteiger partial charge is 0.137 e. The van der Waals surface area contributed by atoms with Crippen LogP contribution >= 0.6 is 0 Å². The van der Waals surface area contributed by atoms with Gasteiger partial charge in [-0.25, -0.2) is 0 Å². The lowest BCUT2D eigenvalue weighted by molar-refractivity contribution is -0.111. The zero-order chi connectivity index (χ0) is 11.4. The van der Waals surface area contributed by atoms with Crippen molar-refractivity contribution in [1.29, 1.82) is 0 Å². The Morgan fingerprint density at radius 2 is 2.06 bits per heavy atom. The maximum absolute atomic E-state index is 10.9. The molecule has 0 bridgehead atoms. The Morgan fingerprint density at radius 1 is 1.31 bits per heavy atom. The molecule has 0 radical (unpaired) electrons. The van der Waals surface area contributed by atoms with Crippen molar-refractivity contribution in [3.05, 3.63) is 35.9 Å². The molecule has 2 atom stereocenters. The second-order valence-corrected chi connectivity index (χ2v) is 4.60. The van der Waals surface area contributed by atoms with E-state index in [1.807, 2.05) is 6.07 Å². The van der Waals surface area contributed by atoms with Gasteiger partial charge in [-0.15, -0.1) is 0 Å². The summed E-state index contributed by atoms with van der Waals surface area (Å²) in [5.74, 6) is 0. The predicted octanol–water partition coefficient (Wildman–Crippen LogP) is 2.28. The van der Waals surface area contributed by atoms with E-state index in [4.69, 9.17) is 0 Å². The molecule has 1 saturated heterocycles. The molecule has 1 aromatic carbocycles. The molecule has 16 heavy (non-hydrogen) atoms. The normalized spacial score (nSPS) is 25.8. The fourth-order valence-electron chi connectivity index (χ4n) is 2.51. The number of aldehydes is 1. The molecule has 1 heterocycles. The van der Waals surface area contributed by atoms with E-state index in [1.54, 1.807) is 0 Å². The second kappa shape index (κ2) is 5.26. The van der Waals surface area contributed by atoms with E-state index in [9.17, 15) is 4.79 Å². The number of benzene rings is 1. The number of carbonyl (C=O) groups excluding carboxylic acids is 1. The van der Waals surface area contributed by atoms with Gasteiger partial charge in [0.2, 0.25) is 0 Å². The summed E-state index contributed by atoms with van der Waals surface area (Å²) in [5, 5.41) is 0. The van der Waals surface area contributed by atoms with Gasteiger partial charge in [0.05, 0.1) is 6.04 Å². The molecule has 2 unspecified atom stereocenters. The van der Waals surface area contributed by atoms with Crippen LogP contribution in [0.15, 0.2) is 30.3 Å². The summed E-state index contributed by atoms with van der Waals surface area (Å²) < 4.78 is 0. The van der Waals surface area contributed by atoms with Crippen LogP contribution in [0, 0.1) is 0 Å². The van der Waals surface area contributed by atoms with Crippen molar-refractivity contribution in [3.63, 3.8) is 0 Å². The second-order valence-electron chi connectivity index (χ2n) is 4.60. The highest BCUT2D eigenvalue weighted by molar-refractivity contribution is 5.58. The molecule has 0 aromatic heterocycles. The lowest BCUT2D eigenvalue weighted by atomic mass is 10.1. The molecular formula is C14H19NO. The fourth-order valence-corrected chi connectivity index (χ4v) is 2.51. The van der Waals surface area contributed by atoms with Crippen LogP contribution in [0.5, 0.6) is 0 Å². The highest BCUT2D eigenvalue weighted by Crippen LogP contribution is 2.22. The molecule has 2 heteroatoms. The van der Waals surface area contributed by atoms with Crippen LogP contribution in [0.1, 0.15) is 25.3 Å². The van der Waals surface area contributed by atoms with E-state index < -0.39 is 0 Å². The average Bonchev–Trinajstić information content (AvgIpc) is 2.69. The Hall–Kier alpha value is -1.15. The Labute approximate surface area is 97.3 Å². The summed E-state index contributed by atoms with van der Waals surface area (Å²) in [5.41, 5.74) is 1.35. The van der Waals surface area contributed by atoms with Gasteiger partial charge in [-0.1, -0.05) is 30.3 Å². The van der Waals surface area contributed by atoms with Crippen LogP contribution in [0.4, 0.5) is 0 Å². The van der Waals surface area contributed by atoms with Gasteiger partial charge in [-0.3, -0.25) is 4.90 Å². The van der Waals surface area contributed by atoms with Crippen molar-refractivity contribution in [3.8, 4) is 0 Å². The molecule has 1 aliphatic heterocycles. The molecule has 0 spiro atoms. The zero-order valence-electron chi connectivity index (χ0n) is 9.80. The van der Waals surface area contributed by atoms with Crippen molar-refractivity contribution in [2.24, 2.45) is 0 Å². The molecule has 86 valence electrons. The third-order valence-electron chi connectivity index (χ3n) is 3.53. The first kappa shape index (κ1) is 11.3. The maximum Gasteiger partial charge on any atom is 0.137 e. The van der Waals surface area contributed by atoms with Gasteiger partial charge in [0.1, 0.15) is 6.29 Å². The number of rotatable bonds is 4. The zero-order valence-corrected chi connectivity index (χ0v) is 9.80. The number of likely N-dealkylation sites (tertiary alicyclic amines) is 1. The molecule has 1 aromatic rings. The summed E-state index contributed by atoms with van der Waals surface area (Å²) in [6.07, 6.45) is 4.32. The first-order valence-corrected chi connectivity index (χ1v) is 6.06. The average molecular weight is 217 g/mol. The minimum atomic E-state index is 0.152. The monoisotopic (exact) mass is 217 g/mol. The van der Waals surface area contributed by atoms with Crippen LogP contribution in [0.3, 0.4) is 0 Å². The number of hydrogen-bond acceptors (Lipinski definition) is 2. The molecule has 0 amide bonds. The standard InChI is InChI=1S/C14H19NO/c1-12-7-8-14(11-16)15(12)10-9-13-5-3-2-4-6-13/h2-6,11-12,14H,7-10H2,1H3. The highest BCUT2D eigenvalue weighted by Gasteiger charge is 2.29. The van der Waals surface area contributed by atoms with E-state index in [0.29, 0.717) is 6.04 Å². The Kier molecular flexibility index (Phi) is 3.73. The molecule has 0 saturated carbocycles. The summed E-state index contributed by atoms with van der Waals surface area (Å²) in [4.78, 5) is 13.3. The van der Waals surface area contributed by atoms with Gasteiger partial charge in [0.25, 0.3) is 0 Å². The van der Waals surface area contributed by atoms with Crippen LogP contribution in [0.2, 0.25) is 0 Å². The lowest BCUT2D eigenvalue weighted by Crippen LogP contribution is -2.37. The topological polar surface area (TPSA) is 20.3 Å². The lowest BCUT2D eigenvalue weighted by Gasteiger charge is -2.24. The Balaban J connectivity index is 1.92. The Bertz CT molecular complexity index is 336. The maximum atomic E-state index is 10.9. The van der Waals surface area contributed by atoms with Crippen molar-refractivity contribution in [2.45, 2.75) is 38.3 Å². The minimum absolute atomic E-state index is 0.152. The molecule has 1 aliphatic rings. The number of nitrogens with zero attached hydrogens (tertiary/aromatic N) is 1. The van der Waals surface area contributed by atoms with Crippen LogP contribution < -0.4 is 0 Å². The fraction of sp³-hybridized carbons (Fsp3) is 0.500. The first-order valence-electron chi connectivity index (χ1n) is 6.06. The molecule has 1 fully saturated rings. The van der Waals surface area contributed by atoms with Crippen LogP contribution in [-0.2, 0) is 11.2 Å². The van der Waals surface area contributed by atoms with Crippen molar-refractivity contribution >= 4 is 6.29 Å². The number of carbonyl (C=O) groups is 1. The quantitative estimate of drug-likeness (QED) is 0.721. The minimum Gasteiger partial charge on any atom is -0.302 e. The van der Waals surface area contributed by atoms with Crippen LogP contribution in [-0.4, -0.2) is 29.8 Å². The molecule has 2 rings (SSSR count). The number of hydrogen-bond donors (Lipinski definition) is 0. The largest absolute Gasteiger partial charge is 0.302 e. The molecule has 0 N–H and O–H groups in total. The van der Waals surface area contributed by atoms with E-state index >= 15 is 0 Å². The van der Waals surface area contributed by atoms with Crippen molar-refractivity contribution < 1.29 is 4.79 Å². The highest BCUT2D eigenvalue weighted by atomic mass is 16.1. The molecule has 2 nitrogen and oxygen atoms in total. The van der Waals surface area contributed by atoms with Gasteiger partial charge in [-0.2, -0.15) is 0 Å². The molecular weight excluding hydrogens is 198 g/mol. The van der Waals surface area contributed by atoms with Crippen LogP contribution in [0.25, 0.3) is 0 Å². The third kappa shape index (κ3) is 2.50. The van der Waals surface area contributed by atoms with E-state index in [0.717, 1.165) is 32.1 Å².